The van der Waals surface area contributed by atoms with Crippen LogP contribution in [0.2, 0.25) is 0 Å². The van der Waals surface area contributed by atoms with Gasteiger partial charge in [0.15, 0.2) is 0 Å². The maximum Gasteiger partial charge on any atom is 0.471 e. The van der Waals surface area contributed by atoms with Crippen molar-refractivity contribution in [3.63, 3.8) is 0 Å². The molecule has 0 fully saturated rings. The van der Waals surface area contributed by atoms with E-state index in [4.69, 9.17) is 5.11 Å². The van der Waals surface area contributed by atoms with Gasteiger partial charge in [0, 0.05) is 11.3 Å². The molecule has 0 aliphatic carbocycles. The average molecular weight is 279 g/mol. The number of thiophene rings is 1. The summed E-state index contributed by atoms with van der Waals surface area (Å²) in [5, 5.41) is 10.6. The summed E-state index contributed by atoms with van der Waals surface area (Å²) in [6, 6.07) is 0.215. The summed E-state index contributed by atoms with van der Waals surface area (Å²) in [6.07, 6.45) is -5.14. The third kappa shape index (κ3) is 2.20. The van der Waals surface area contributed by atoms with Gasteiger partial charge in [-0.1, -0.05) is 0 Å². The third-order valence-electron chi connectivity index (χ3n) is 2.73. The lowest BCUT2D eigenvalue weighted by Crippen LogP contribution is -2.52. The quantitative estimate of drug-likeness (QED) is 0.850. The van der Waals surface area contributed by atoms with Crippen LogP contribution in [0.5, 0.6) is 0 Å². The molecule has 2 heterocycles. The number of carbonyl (C=O) groups excluding carboxylic acids is 1. The molecule has 0 saturated heterocycles. The Bertz CT molecular complexity index is 497. The Morgan fingerprint density at radius 3 is 2.67 bits per heavy atom. The highest BCUT2D eigenvalue weighted by molar-refractivity contribution is 7.10. The van der Waals surface area contributed by atoms with Gasteiger partial charge < -0.3 is 10.0 Å². The molecule has 0 radical (unpaired) electrons. The Labute approximate surface area is 104 Å². The standard InChI is InChI=1S/C10H8F3NO3S/c11-10(12,13)9(17)14-4-7-5(1-2-18-7)3-6(14)8(15)16/h1-2,6H,3-4H2,(H,15,16). The second-order valence-electron chi connectivity index (χ2n) is 3.86. The zero-order valence-electron chi connectivity index (χ0n) is 8.90. The maximum absolute atomic E-state index is 12.4. The number of aliphatic carboxylic acids is 1. The number of nitrogens with zero attached hydrogens (tertiary/aromatic N) is 1. The van der Waals surface area contributed by atoms with Crippen LogP contribution in [0.15, 0.2) is 11.4 Å². The number of rotatable bonds is 1. The van der Waals surface area contributed by atoms with Gasteiger partial charge in [0.1, 0.15) is 6.04 Å². The number of carboxylic acids is 1. The summed E-state index contributed by atoms with van der Waals surface area (Å²) in [5.74, 6) is -3.53. The van der Waals surface area contributed by atoms with Gasteiger partial charge >= 0.3 is 18.1 Å². The van der Waals surface area contributed by atoms with Gasteiger partial charge in [-0.3, -0.25) is 4.79 Å². The molecule has 1 aromatic heterocycles. The van der Waals surface area contributed by atoms with Gasteiger partial charge in [-0.2, -0.15) is 13.2 Å². The minimum Gasteiger partial charge on any atom is -0.480 e. The van der Waals surface area contributed by atoms with E-state index in [0.717, 1.165) is 0 Å². The molecule has 98 valence electrons. The molecule has 1 aliphatic heterocycles. The third-order valence-corrected chi connectivity index (χ3v) is 3.68. The van der Waals surface area contributed by atoms with Crippen LogP contribution < -0.4 is 0 Å². The Morgan fingerprint density at radius 1 is 1.44 bits per heavy atom. The van der Waals surface area contributed by atoms with E-state index in [1.54, 1.807) is 11.4 Å². The van der Waals surface area contributed by atoms with Crippen LogP contribution >= 0.6 is 11.3 Å². The van der Waals surface area contributed by atoms with E-state index in [1.165, 1.54) is 11.3 Å². The summed E-state index contributed by atoms with van der Waals surface area (Å²) in [7, 11) is 0. The first-order chi connectivity index (χ1) is 8.30. The largest absolute Gasteiger partial charge is 0.480 e. The number of hydrogen-bond acceptors (Lipinski definition) is 3. The minimum atomic E-state index is -5.05. The molecule has 0 aromatic carbocycles. The van der Waals surface area contributed by atoms with E-state index in [9.17, 15) is 22.8 Å². The van der Waals surface area contributed by atoms with Crippen LogP contribution in [-0.4, -0.2) is 34.1 Å². The van der Waals surface area contributed by atoms with Crippen LogP contribution in [0, 0.1) is 0 Å². The number of carboxylic acid groups (broad SMARTS) is 1. The van der Waals surface area contributed by atoms with E-state index in [-0.39, 0.29) is 13.0 Å². The first kappa shape index (κ1) is 12.9. The first-order valence-electron chi connectivity index (χ1n) is 4.96. The predicted molar refractivity (Wildman–Crippen MR) is 56.1 cm³/mol. The maximum atomic E-state index is 12.4. The molecular formula is C10H8F3NO3S. The Balaban J connectivity index is 2.34. The summed E-state index contributed by atoms with van der Waals surface area (Å²) in [5.41, 5.74) is 0.693. The molecular weight excluding hydrogens is 271 g/mol. The second-order valence-corrected chi connectivity index (χ2v) is 4.86. The fourth-order valence-electron chi connectivity index (χ4n) is 1.87. The smallest absolute Gasteiger partial charge is 0.471 e. The first-order valence-corrected chi connectivity index (χ1v) is 5.84. The predicted octanol–water partition coefficient (Wildman–Crippen LogP) is 1.65. The Hall–Kier alpha value is -1.57. The van der Waals surface area contributed by atoms with E-state index >= 15 is 0 Å². The van der Waals surface area contributed by atoms with Crippen molar-refractivity contribution in [2.24, 2.45) is 0 Å². The summed E-state index contributed by atoms with van der Waals surface area (Å²) in [4.78, 5) is 23.2. The molecule has 4 nitrogen and oxygen atoms in total. The van der Waals surface area contributed by atoms with Crippen molar-refractivity contribution < 1.29 is 27.9 Å². The molecule has 8 heteroatoms. The highest BCUT2D eigenvalue weighted by Crippen LogP contribution is 2.31. The molecule has 2 rings (SSSR count). The van der Waals surface area contributed by atoms with Gasteiger partial charge in [-0.15, -0.1) is 11.3 Å². The van der Waals surface area contributed by atoms with E-state index in [0.29, 0.717) is 15.3 Å². The number of halogens is 3. The van der Waals surface area contributed by atoms with Crippen LogP contribution in [0.1, 0.15) is 10.4 Å². The van der Waals surface area contributed by atoms with Crippen molar-refractivity contribution in [1.29, 1.82) is 0 Å². The lowest BCUT2D eigenvalue weighted by atomic mass is 10.0. The number of alkyl halides is 3. The van der Waals surface area contributed by atoms with Crippen molar-refractivity contribution in [2.45, 2.75) is 25.2 Å². The highest BCUT2D eigenvalue weighted by Gasteiger charge is 2.47. The van der Waals surface area contributed by atoms with Crippen LogP contribution in [0.3, 0.4) is 0 Å². The van der Waals surface area contributed by atoms with Crippen molar-refractivity contribution in [3.8, 4) is 0 Å². The summed E-state index contributed by atoms with van der Waals surface area (Å²) >= 11 is 1.22. The summed E-state index contributed by atoms with van der Waals surface area (Å²) < 4.78 is 37.2. The SMILES string of the molecule is O=C(O)C1Cc2ccsc2CN1C(=O)C(F)(F)F. The van der Waals surface area contributed by atoms with Gasteiger partial charge in [0.2, 0.25) is 0 Å². The molecule has 1 aromatic rings. The van der Waals surface area contributed by atoms with Gasteiger partial charge in [-0.25, -0.2) is 4.79 Å². The number of fused-ring (bicyclic) bond motifs is 1. The van der Waals surface area contributed by atoms with Gasteiger partial charge in [0.25, 0.3) is 0 Å². The molecule has 1 aliphatic rings. The molecule has 1 amide bonds. The molecule has 0 saturated carbocycles. The van der Waals surface area contributed by atoms with Crippen LogP contribution in [0.4, 0.5) is 13.2 Å². The zero-order chi connectivity index (χ0) is 13.5. The lowest BCUT2D eigenvalue weighted by Gasteiger charge is -2.33. The Kier molecular flexibility index (Phi) is 3.05. The molecule has 1 N–H and O–H groups in total. The normalized spacial score (nSPS) is 19.5. The van der Waals surface area contributed by atoms with E-state index < -0.39 is 24.1 Å². The number of carbonyl (C=O) groups is 2. The summed E-state index contributed by atoms with van der Waals surface area (Å²) in [6.45, 7) is -0.303. The molecule has 1 unspecified atom stereocenters. The van der Waals surface area contributed by atoms with Crippen molar-refractivity contribution in [3.05, 3.63) is 21.9 Å². The van der Waals surface area contributed by atoms with E-state index in [1.807, 2.05) is 0 Å². The topological polar surface area (TPSA) is 57.6 Å². The van der Waals surface area contributed by atoms with Crippen molar-refractivity contribution >= 4 is 23.2 Å². The fraction of sp³-hybridized carbons (Fsp3) is 0.400. The second kappa shape index (κ2) is 4.27. The number of amides is 1. The molecule has 0 spiro atoms. The van der Waals surface area contributed by atoms with Crippen LogP contribution in [-0.2, 0) is 22.6 Å². The van der Waals surface area contributed by atoms with Crippen LogP contribution in [0.25, 0.3) is 0 Å². The van der Waals surface area contributed by atoms with E-state index in [2.05, 4.69) is 0 Å². The molecule has 1 atom stereocenters. The van der Waals surface area contributed by atoms with Gasteiger partial charge in [-0.05, 0) is 17.0 Å². The lowest BCUT2D eigenvalue weighted by molar-refractivity contribution is -0.191. The van der Waals surface area contributed by atoms with Crippen molar-refractivity contribution in [1.82, 2.24) is 4.90 Å². The van der Waals surface area contributed by atoms with Gasteiger partial charge in [0.05, 0.1) is 6.54 Å². The molecule has 0 bridgehead atoms. The molecule has 18 heavy (non-hydrogen) atoms. The number of hydrogen-bond donors (Lipinski definition) is 1. The fourth-order valence-corrected chi connectivity index (χ4v) is 2.78. The minimum absolute atomic E-state index is 0.0873. The average Bonchev–Trinajstić information content (AvgIpc) is 2.71. The monoisotopic (exact) mass is 279 g/mol. The highest BCUT2D eigenvalue weighted by atomic mass is 32.1. The Morgan fingerprint density at radius 2 is 2.11 bits per heavy atom. The zero-order valence-corrected chi connectivity index (χ0v) is 9.72. The van der Waals surface area contributed by atoms with Crippen molar-refractivity contribution in [2.75, 3.05) is 0 Å².